The molecule has 0 saturated carbocycles. The molecule has 1 aromatic heterocycles. The van der Waals surface area contributed by atoms with E-state index in [1.807, 2.05) is 6.07 Å². The third-order valence-electron chi connectivity index (χ3n) is 5.20. The van der Waals surface area contributed by atoms with Crippen LogP contribution in [0, 0.1) is 0 Å². The average molecular weight is 604 g/mol. The van der Waals surface area contributed by atoms with Gasteiger partial charge in [-0.2, -0.15) is 0 Å². The molecule has 0 unspecified atom stereocenters. The predicted octanol–water partition coefficient (Wildman–Crippen LogP) is 0.751. The standard InChI is InChI=1S/C23H17N3O2Se3/c1-24-21(27)15(22(28)25(2)23(24)29)13-14-11-12-20(30-14)26-16-7-3-5-9-18(16)31-19-10-6-4-8-17(19)26/h3-13H,1-2H3. The van der Waals surface area contributed by atoms with Gasteiger partial charge in [0, 0.05) is 0 Å². The van der Waals surface area contributed by atoms with Gasteiger partial charge in [0.05, 0.1) is 0 Å². The van der Waals surface area contributed by atoms with Gasteiger partial charge in [0.2, 0.25) is 0 Å². The van der Waals surface area contributed by atoms with E-state index in [9.17, 15) is 9.59 Å². The number of anilines is 3. The molecule has 1 saturated heterocycles. The van der Waals surface area contributed by atoms with Crippen molar-refractivity contribution in [2.75, 3.05) is 19.0 Å². The zero-order valence-electron chi connectivity index (χ0n) is 16.7. The first-order chi connectivity index (χ1) is 15.0. The van der Waals surface area contributed by atoms with Crippen molar-refractivity contribution < 1.29 is 9.59 Å². The fourth-order valence-corrected chi connectivity index (χ4v) is 8.22. The number of carbonyl (C=O) groups is 2. The molecule has 31 heavy (non-hydrogen) atoms. The molecule has 3 aromatic rings. The molecule has 2 aromatic carbocycles. The molecule has 2 amide bonds. The van der Waals surface area contributed by atoms with E-state index >= 15 is 0 Å². The summed E-state index contributed by atoms with van der Waals surface area (Å²) < 4.78 is 5.44. The van der Waals surface area contributed by atoms with E-state index in [0.29, 0.717) is 4.67 Å². The number of benzene rings is 2. The molecule has 1 fully saturated rings. The molecule has 5 rings (SSSR count). The van der Waals surface area contributed by atoms with Crippen LogP contribution in [0.4, 0.5) is 15.9 Å². The predicted molar refractivity (Wildman–Crippen MR) is 127 cm³/mol. The van der Waals surface area contributed by atoms with Crippen LogP contribution in [-0.2, 0) is 9.59 Å². The van der Waals surface area contributed by atoms with Crippen LogP contribution >= 0.6 is 0 Å². The zero-order valence-corrected chi connectivity index (χ0v) is 21.9. The van der Waals surface area contributed by atoms with E-state index in [4.69, 9.17) is 0 Å². The summed E-state index contributed by atoms with van der Waals surface area (Å²) in [5.74, 6) is -0.559. The van der Waals surface area contributed by atoms with Crippen LogP contribution < -0.4 is 13.8 Å². The van der Waals surface area contributed by atoms with E-state index < -0.39 is 0 Å². The quantitative estimate of drug-likeness (QED) is 0.193. The molecular formula is C23H17N3O2Se3. The summed E-state index contributed by atoms with van der Waals surface area (Å²) in [6, 6.07) is 21.3. The molecule has 0 N–H and O–H groups in total. The average Bonchev–Trinajstić information content (AvgIpc) is 3.25. The topological polar surface area (TPSA) is 43.9 Å². The third-order valence-corrected chi connectivity index (χ3v) is 10.9. The van der Waals surface area contributed by atoms with Crippen LogP contribution in [0.3, 0.4) is 0 Å². The Balaban J connectivity index is 1.57. The van der Waals surface area contributed by atoms with Crippen LogP contribution in [0.25, 0.3) is 6.08 Å². The molecule has 0 radical (unpaired) electrons. The summed E-state index contributed by atoms with van der Waals surface area (Å²) in [6.45, 7) is 0. The Morgan fingerprint density at radius 3 is 1.94 bits per heavy atom. The molecule has 0 spiro atoms. The number of hydrogen-bond donors (Lipinski definition) is 0. The first-order valence-electron chi connectivity index (χ1n) is 9.53. The minimum atomic E-state index is -0.279. The molecule has 5 nitrogen and oxygen atoms in total. The van der Waals surface area contributed by atoms with Crippen LogP contribution in [0.15, 0.2) is 66.2 Å². The Hall–Kier alpha value is -2.17. The fourth-order valence-electron chi connectivity index (χ4n) is 3.60. The van der Waals surface area contributed by atoms with Gasteiger partial charge in [0.15, 0.2) is 0 Å². The molecule has 0 bridgehead atoms. The number of carbonyl (C=O) groups excluding carboxylic acids is 2. The minimum absolute atomic E-state index is 0.0302. The van der Waals surface area contributed by atoms with Crippen molar-refractivity contribution in [3.63, 3.8) is 0 Å². The van der Waals surface area contributed by atoms with Gasteiger partial charge in [0.1, 0.15) is 0 Å². The van der Waals surface area contributed by atoms with Crippen LogP contribution in [0.1, 0.15) is 4.44 Å². The van der Waals surface area contributed by atoms with Gasteiger partial charge in [-0.1, -0.05) is 0 Å². The van der Waals surface area contributed by atoms with Crippen molar-refractivity contribution in [3.05, 3.63) is 70.7 Å². The van der Waals surface area contributed by atoms with E-state index in [-0.39, 0.29) is 46.8 Å². The van der Waals surface area contributed by atoms with Crippen molar-refractivity contribution in [3.8, 4) is 0 Å². The third kappa shape index (κ3) is 3.50. The number of amides is 2. The second-order valence-corrected chi connectivity index (χ2v) is 12.5. The van der Waals surface area contributed by atoms with Gasteiger partial charge in [-0.05, 0) is 0 Å². The maximum absolute atomic E-state index is 12.7. The van der Waals surface area contributed by atoms with Gasteiger partial charge in [-0.25, -0.2) is 0 Å². The van der Waals surface area contributed by atoms with E-state index in [1.165, 1.54) is 34.7 Å². The van der Waals surface area contributed by atoms with Crippen molar-refractivity contribution in [1.82, 2.24) is 9.80 Å². The van der Waals surface area contributed by atoms with E-state index in [2.05, 4.69) is 75.1 Å². The number of hydrogen-bond acceptors (Lipinski definition) is 3. The summed E-state index contributed by atoms with van der Waals surface area (Å²) in [7, 11) is 3.35. The van der Waals surface area contributed by atoms with Crippen molar-refractivity contribution >= 4 is 92.5 Å². The normalized spacial score (nSPS) is 15.9. The zero-order chi connectivity index (χ0) is 21.7. The Morgan fingerprint density at radius 1 is 0.806 bits per heavy atom. The molecule has 0 aliphatic carbocycles. The van der Waals surface area contributed by atoms with Gasteiger partial charge >= 0.3 is 202 Å². The first-order valence-corrected chi connectivity index (χ1v) is 13.8. The molecule has 2 aliphatic heterocycles. The molecule has 8 heteroatoms. The maximum atomic E-state index is 12.7. The second kappa shape index (κ2) is 8.07. The summed E-state index contributed by atoms with van der Waals surface area (Å²) in [6.07, 6.45) is 1.76. The summed E-state index contributed by atoms with van der Waals surface area (Å²) in [4.78, 5) is 30.7. The first kappa shape index (κ1) is 20.7. The van der Waals surface area contributed by atoms with E-state index in [0.717, 1.165) is 4.44 Å². The van der Waals surface area contributed by atoms with Gasteiger partial charge in [0.25, 0.3) is 0 Å². The summed E-state index contributed by atoms with van der Waals surface area (Å²) in [5.41, 5.74) is 2.65. The number of likely N-dealkylation sites (N-methyl/N-ethyl adjacent to an activating group) is 2. The van der Waals surface area contributed by atoms with Gasteiger partial charge in [-0.15, -0.1) is 0 Å². The molecule has 2 aliphatic rings. The van der Waals surface area contributed by atoms with Crippen LogP contribution in [0.2, 0.25) is 0 Å². The van der Waals surface area contributed by atoms with Gasteiger partial charge in [-0.3, -0.25) is 0 Å². The van der Waals surface area contributed by atoms with Crippen molar-refractivity contribution in [2.24, 2.45) is 0 Å². The van der Waals surface area contributed by atoms with Crippen molar-refractivity contribution in [2.45, 2.75) is 0 Å². The molecule has 0 atom stereocenters. The number of para-hydroxylation sites is 2. The SMILES string of the molecule is CN1C(=O)C(=Cc2ccc(N3c4ccccc4[Se]c4ccccc43)[se]2)C(=O)N(C)C1=[Se]. The monoisotopic (exact) mass is 607 g/mol. The Kier molecular flexibility index (Phi) is 5.39. The number of nitrogens with zero attached hydrogens (tertiary/aromatic N) is 3. The summed E-state index contributed by atoms with van der Waals surface area (Å²) >= 11 is 3.04. The Bertz CT molecular complexity index is 1210. The molecular weight excluding hydrogens is 587 g/mol. The van der Waals surface area contributed by atoms with Gasteiger partial charge < -0.3 is 0 Å². The van der Waals surface area contributed by atoms with E-state index in [1.54, 1.807) is 20.2 Å². The molecule has 154 valence electrons. The second-order valence-electron chi connectivity index (χ2n) is 7.12. The Morgan fingerprint density at radius 2 is 1.35 bits per heavy atom. The van der Waals surface area contributed by atoms with Crippen LogP contribution in [0.5, 0.6) is 0 Å². The Labute approximate surface area is 200 Å². The fraction of sp³-hybridized carbons (Fsp3) is 0.0870. The van der Waals surface area contributed by atoms with Crippen LogP contribution in [-0.4, -0.2) is 85.4 Å². The molecule has 3 heterocycles. The number of rotatable bonds is 2. The summed E-state index contributed by atoms with van der Waals surface area (Å²) in [5, 5.41) is 0. The van der Waals surface area contributed by atoms with Crippen molar-refractivity contribution in [1.29, 1.82) is 0 Å². The number of fused-ring (bicyclic) bond motifs is 2.